The molecule has 0 spiro atoms. The van der Waals surface area contributed by atoms with Crippen LogP contribution in [0.25, 0.3) is 11.0 Å². The van der Waals surface area contributed by atoms with Crippen molar-refractivity contribution in [2.45, 2.75) is 19.4 Å². The Morgan fingerprint density at radius 2 is 1.64 bits per heavy atom. The van der Waals surface area contributed by atoms with Gasteiger partial charge in [-0.15, -0.1) is 0 Å². The number of anilines is 2. The molecule has 6 nitrogen and oxygen atoms in total. The van der Waals surface area contributed by atoms with Crippen LogP contribution >= 0.6 is 0 Å². The van der Waals surface area contributed by atoms with Gasteiger partial charge in [-0.05, 0) is 56.3 Å². The molecule has 0 saturated carbocycles. The number of fused-ring (bicyclic) bond motifs is 1. The average molecular weight is 377 g/mol. The fourth-order valence-corrected chi connectivity index (χ4v) is 4.40. The molecule has 2 aliphatic rings. The highest BCUT2D eigenvalue weighted by molar-refractivity contribution is 5.78. The SMILES string of the molecule is c1cncc(N2CCN(c3ccc4ccn(CCN5CCCC5)c4n3)CC2)c1. The monoisotopic (exact) mass is 376 g/mol. The van der Waals surface area contributed by atoms with E-state index in [9.17, 15) is 0 Å². The number of aromatic nitrogens is 3. The standard InChI is InChI=1S/C22H28N6/c1-2-10-25(9-1)12-13-28-11-7-19-5-6-21(24-22(19)28)27-16-14-26(15-17-27)20-4-3-8-23-18-20/h3-8,11,18H,1-2,9-10,12-17H2. The summed E-state index contributed by atoms with van der Waals surface area (Å²) in [6.45, 7) is 8.62. The highest BCUT2D eigenvalue weighted by atomic mass is 15.3. The lowest BCUT2D eigenvalue weighted by atomic mass is 10.2. The molecule has 3 aromatic heterocycles. The van der Waals surface area contributed by atoms with Crippen LogP contribution in [0.2, 0.25) is 0 Å². The van der Waals surface area contributed by atoms with Gasteiger partial charge in [0, 0.05) is 57.0 Å². The Balaban J connectivity index is 1.27. The van der Waals surface area contributed by atoms with Crippen molar-refractivity contribution in [3.63, 3.8) is 0 Å². The van der Waals surface area contributed by atoms with Crippen LogP contribution in [0.1, 0.15) is 12.8 Å². The lowest BCUT2D eigenvalue weighted by Crippen LogP contribution is -2.46. The van der Waals surface area contributed by atoms with E-state index < -0.39 is 0 Å². The maximum absolute atomic E-state index is 5.04. The number of piperazine rings is 1. The predicted molar refractivity (Wildman–Crippen MR) is 114 cm³/mol. The molecule has 0 bridgehead atoms. The van der Waals surface area contributed by atoms with Gasteiger partial charge in [-0.2, -0.15) is 0 Å². The smallest absolute Gasteiger partial charge is 0.142 e. The number of likely N-dealkylation sites (tertiary alicyclic amines) is 1. The minimum atomic E-state index is 0.988. The maximum atomic E-state index is 5.04. The summed E-state index contributed by atoms with van der Waals surface area (Å²) < 4.78 is 2.32. The number of nitrogens with zero attached hydrogens (tertiary/aromatic N) is 6. The first kappa shape index (κ1) is 17.5. The second-order valence-electron chi connectivity index (χ2n) is 7.83. The van der Waals surface area contributed by atoms with E-state index in [1.165, 1.54) is 37.0 Å². The van der Waals surface area contributed by atoms with Crippen LogP contribution in [-0.2, 0) is 6.54 Å². The third kappa shape index (κ3) is 3.56. The number of hydrogen-bond acceptors (Lipinski definition) is 5. The predicted octanol–water partition coefficient (Wildman–Crippen LogP) is 2.85. The molecule has 0 atom stereocenters. The topological polar surface area (TPSA) is 40.4 Å². The molecule has 2 aliphatic heterocycles. The molecule has 2 fully saturated rings. The first-order valence-corrected chi connectivity index (χ1v) is 10.4. The molecule has 0 amide bonds. The van der Waals surface area contributed by atoms with Crippen LogP contribution in [0.3, 0.4) is 0 Å². The van der Waals surface area contributed by atoms with Gasteiger partial charge < -0.3 is 19.3 Å². The lowest BCUT2D eigenvalue weighted by molar-refractivity contribution is 0.324. The highest BCUT2D eigenvalue weighted by Gasteiger charge is 2.19. The Morgan fingerprint density at radius 3 is 2.43 bits per heavy atom. The molecule has 28 heavy (non-hydrogen) atoms. The molecular formula is C22H28N6. The van der Waals surface area contributed by atoms with E-state index in [2.05, 4.69) is 54.7 Å². The fourth-order valence-electron chi connectivity index (χ4n) is 4.40. The Labute approximate surface area is 166 Å². The van der Waals surface area contributed by atoms with Gasteiger partial charge in [0.1, 0.15) is 11.5 Å². The Morgan fingerprint density at radius 1 is 0.821 bits per heavy atom. The minimum absolute atomic E-state index is 0.988. The van der Waals surface area contributed by atoms with Crippen LogP contribution in [0, 0.1) is 0 Å². The molecule has 0 aliphatic carbocycles. The van der Waals surface area contributed by atoms with E-state index in [1.54, 1.807) is 0 Å². The summed E-state index contributed by atoms with van der Waals surface area (Å²) in [7, 11) is 0. The summed E-state index contributed by atoms with van der Waals surface area (Å²) in [5.41, 5.74) is 2.33. The number of pyridine rings is 2. The summed E-state index contributed by atoms with van der Waals surface area (Å²) in [6, 6.07) is 10.7. The van der Waals surface area contributed by atoms with Crippen molar-refractivity contribution in [2.24, 2.45) is 0 Å². The second-order valence-corrected chi connectivity index (χ2v) is 7.83. The molecule has 5 heterocycles. The molecular weight excluding hydrogens is 348 g/mol. The molecule has 6 heteroatoms. The normalized spacial score (nSPS) is 18.3. The molecule has 2 saturated heterocycles. The molecule has 5 rings (SSSR count). The van der Waals surface area contributed by atoms with Crippen molar-refractivity contribution in [1.82, 2.24) is 19.4 Å². The van der Waals surface area contributed by atoms with Gasteiger partial charge in [0.05, 0.1) is 11.9 Å². The maximum Gasteiger partial charge on any atom is 0.142 e. The Bertz CT molecular complexity index is 907. The summed E-state index contributed by atoms with van der Waals surface area (Å²) in [4.78, 5) is 16.7. The van der Waals surface area contributed by atoms with Crippen LogP contribution in [0.5, 0.6) is 0 Å². The highest BCUT2D eigenvalue weighted by Crippen LogP contribution is 2.22. The van der Waals surface area contributed by atoms with Crippen LogP contribution in [-0.4, -0.2) is 65.2 Å². The van der Waals surface area contributed by atoms with E-state index >= 15 is 0 Å². The molecule has 3 aromatic rings. The first-order chi connectivity index (χ1) is 13.9. The van der Waals surface area contributed by atoms with Crippen molar-refractivity contribution in [1.29, 1.82) is 0 Å². The zero-order valence-electron chi connectivity index (χ0n) is 16.4. The van der Waals surface area contributed by atoms with Gasteiger partial charge in [-0.25, -0.2) is 4.98 Å². The first-order valence-electron chi connectivity index (χ1n) is 10.4. The summed E-state index contributed by atoms with van der Waals surface area (Å²) in [5, 5.41) is 1.24. The quantitative estimate of drug-likeness (QED) is 0.685. The summed E-state index contributed by atoms with van der Waals surface area (Å²) in [5.74, 6) is 1.10. The van der Waals surface area contributed by atoms with E-state index in [-0.39, 0.29) is 0 Å². The van der Waals surface area contributed by atoms with Crippen molar-refractivity contribution in [3.05, 3.63) is 48.9 Å². The van der Waals surface area contributed by atoms with Crippen molar-refractivity contribution in [3.8, 4) is 0 Å². The van der Waals surface area contributed by atoms with Crippen molar-refractivity contribution < 1.29 is 0 Å². The number of rotatable bonds is 5. The molecule has 0 unspecified atom stereocenters. The largest absolute Gasteiger partial charge is 0.367 e. The molecule has 0 radical (unpaired) electrons. The lowest BCUT2D eigenvalue weighted by Gasteiger charge is -2.36. The van der Waals surface area contributed by atoms with Crippen LogP contribution in [0.4, 0.5) is 11.5 Å². The third-order valence-electron chi connectivity index (χ3n) is 6.07. The van der Waals surface area contributed by atoms with E-state index in [0.717, 1.165) is 50.7 Å². The van der Waals surface area contributed by atoms with Gasteiger partial charge in [-0.1, -0.05) is 0 Å². The van der Waals surface area contributed by atoms with E-state index in [1.807, 2.05) is 18.5 Å². The second kappa shape index (κ2) is 7.80. The van der Waals surface area contributed by atoms with Gasteiger partial charge in [0.2, 0.25) is 0 Å². The molecule has 0 N–H and O–H groups in total. The van der Waals surface area contributed by atoms with Crippen molar-refractivity contribution in [2.75, 3.05) is 55.6 Å². The average Bonchev–Trinajstić information content (AvgIpc) is 3.42. The fraction of sp³-hybridized carbons (Fsp3) is 0.455. The third-order valence-corrected chi connectivity index (χ3v) is 6.07. The van der Waals surface area contributed by atoms with Gasteiger partial charge in [-0.3, -0.25) is 4.98 Å². The van der Waals surface area contributed by atoms with Crippen LogP contribution in [0.15, 0.2) is 48.9 Å². The van der Waals surface area contributed by atoms with Gasteiger partial charge in [0.25, 0.3) is 0 Å². The van der Waals surface area contributed by atoms with E-state index in [0.29, 0.717) is 0 Å². The summed E-state index contributed by atoms with van der Waals surface area (Å²) in [6.07, 6.45) is 8.67. The van der Waals surface area contributed by atoms with Crippen molar-refractivity contribution >= 4 is 22.5 Å². The van der Waals surface area contributed by atoms with Crippen LogP contribution < -0.4 is 9.80 Å². The zero-order chi connectivity index (χ0) is 18.8. The van der Waals surface area contributed by atoms with E-state index in [4.69, 9.17) is 4.98 Å². The minimum Gasteiger partial charge on any atom is -0.367 e. The molecule has 0 aromatic carbocycles. The van der Waals surface area contributed by atoms with Gasteiger partial charge >= 0.3 is 0 Å². The Kier molecular flexibility index (Phi) is 4.87. The summed E-state index contributed by atoms with van der Waals surface area (Å²) >= 11 is 0. The number of hydrogen-bond donors (Lipinski definition) is 0. The Hall–Kier alpha value is -2.60. The zero-order valence-corrected chi connectivity index (χ0v) is 16.4. The molecule has 146 valence electrons. The van der Waals surface area contributed by atoms with Gasteiger partial charge in [0.15, 0.2) is 0 Å².